The van der Waals surface area contributed by atoms with Gasteiger partial charge >= 0.3 is 6.18 Å². The van der Waals surface area contributed by atoms with E-state index in [1.807, 2.05) is 4.31 Å². The molecule has 2 saturated carbocycles. The number of alkyl halides is 3. The molecule has 0 spiro atoms. The van der Waals surface area contributed by atoms with E-state index in [0.29, 0.717) is 17.4 Å². The first-order valence-electron chi connectivity index (χ1n) is 8.83. The Kier molecular flexibility index (Phi) is 4.64. The molecule has 0 saturated heterocycles. The molecule has 1 aliphatic heterocycles. The molecule has 8 heteroatoms. The van der Waals surface area contributed by atoms with Gasteiger partial charge in [-0.3, -0.25) is 5.10 Å². The standard InChI is InChI=1S/C15H14F3N3OS.C3H6/c16-15(17,18)10-3-5-11(6-4-10)23(22)21-8-13-12(7-19-20-13)14(21)9-1-2-9;1-2-3-1/h3-7,9,14H,1-2,8H2,(H,19,20);1-3H2. The van der Waals surface area contributed by atoms with E-state index in [0.717, 1.165) is 36.2 Å². The third-order valence-corrected chi connectivity index (χ3v) is 6.17. The number of nitrogens with one attached hydrogen (secondary N) is 1. The predicted octanol–water partition coefficient (Wildman–Crippen LogP) is 4.59. The molecule has 0 radical (unpaired) electrons. The maximum absolute atomic E-state index is 12.8. The Hall–Kier alpha value is -1.67. The van der Waals surface area contributed by atoms with Crippen molar-refractivity contribution in [2.45, 2.75) is 55.8 Å². The number of rotatable bonds is 3. The molecule has 0 bridgehead atoms. The van der Waals surface area contributed by atoms with E-state index in [1.165, 1.54) is 31.4 Å². The van der Waals surface area contributed by atoms with E-state index in [1.54, 1.807) is 6.20 Å². The lowest BCUT2D eigenvalue weighted by molar-refractivity contribution is -0.137. The zero-order valence-corrected chi connectivity index (χ0v) is 14.9. The van der Waals surface area contributed by atoms with Crippen molar-refractivity contribution < 1.29 is 17.4 Å². The van der Waals surface area contributed by atoms with Gasteiger partial charge in [-0.25, -0.2) is 8.51 Å². The lowest BCUT2D eigenvalue weighted by Crippen LogP contribution is -2.26. The van der Waals surface area contributed by atoms with Gasteiger partial charge in [-0.05, 0) is 43.0 Å². The summed E-state index contributed by atoms with van der Waals surface area (Å²) in [4.78, 5) is 0.391. The molecule has 2 fully saturated rings. The average molecular weight is 383 g/mol. The van der Waals surface area contributed by atoms with Crippen LogP contribution in [0.4, 0.5) is 13.2 Å². The van der Waals surface area contributed by atoms with Crippen molar-refractivity contribution in [1.82, 2.24) is 14.5 Å². The number of fused-ring (bicyclic) bond motifs is 1. The minimum absolute atomic E-state index is 0.0341. The van der Waals surface area contributed by atoms with Gasteiger partial charge in [0.05, 0.1) is 34.9 Å². The quantitative estimate of drug-likeness (QED) is 0.843. The summed E-state index contributed by atoms with van der Waals surface area (Å²) in [7, 11) is -1.49. The zero-order valence-electron chi connectivity index (χ0n) is 14.1. The summed E-state index contributed by atoms with van der Waals surface area (Å²) in [5, 5.41) is 6.95. The second-order valence-corrected chi connectivity index (χ2v) is 8.43. The number of nitrogens with zero attached hydrogens (tertiary/aromatic N) is 2. The topological polar surface area (TPSA) is 49.0 Å². The van der Waals surface area contributed by atoms with Gasteiger partial charge < -0.3 is 0 Å². The Morgan fingerprint density at radius 2 is 1.77 bits per heavy atom. The summed E-state index contributed by atoms with van der Waals surface area (Å²) in [6.45, 7) is 0.476. The number of H-pyrrole nitrogens is 1. The third kappa shape index (κ3) is 3.71. The molecule has 2 unspecified atom stereocenters. The first-order valence-corrected chi connectivity index (χ1v) is 9.94. The van der Waals surface area contributed by atoms with Crippen LogP contribution in [0.1, 0.15) is 55.0 Å². The summed E-state index contributed by atoms with van der Waals surface area (Å²) in [5.74, 6) is 0.451. The highest BCUT2D eigenvalue weighted by Gasteiger charge is 2.45. The first-order chi connectivity index (χ1) is 12.4. The fourth-order valence-electron chi connectivity index (χ4n) is 3.07. The number of hydrogen-bond acceptors (Lipinski definition) is 2. The largest absolute Gasteiger partial charge is 0.416 e. The van der Waals surface area contributed by atoms with E-state index in [4.69, 9.17) is 0 Å². The maximum Gasteiger partial charge on any atom is 0.416 e. The number of aromatic nitrogens is 2. The molecule has 4 nitrogen and oxygen atoms in total. The van der Waals surface area contributed by atoms with Crippen LogP contribution in [-0.2, 0) is 23.7 Å². The van der Waals surface area contributed by atoms with Crippen molar-refractivity contribution >= 4 is 11.0 Å². The second kappa shape index (κ2) is 6.81. The van der Waals surface area contributed by atoms with Gasteiger partial charge in [0.15, 0.2) is 0 Å². The molecule has 2 aliphatic carbocycles. The van der Waals surface area contributed by atoms with E-state index in [2.05, 4.69) is 10.2 Å². The highest BCUT2D eigenvalue weighted by atomic mass is 32.2. The summed E-state index contributed by atoms with van der Waals surface area (Å²) in [6, 6.07) is 4.60. The van der Waals surface area contributed by atoms with Crippen LogP contribution in [-0.4, -0.2) is 18.7 Å². The Morgan fingerprint density at radius 3 is 2.31 bits per heavy atom. The van der Waals surface area contributed by atoms with Crippen molar-refractivity contribution in [3.05, 3.63) is 47.3 Å². The molecule has 1 N–H and O–H groups in total. The molecular weight excluding hydrogens is 363 g/mol. The molecule has 140 valence electrons. The lowest BCUT2D eigenvalue weighted by Gasteiger charge is -2.23. The Labute approximate surface area is 152 Å². The SMILES string of the molecule is C1CC1.O=S(c1ccc(C(F)(F)F)cc1)N1Cc2[nH]ncc2C1C1CC1. The van der Waals surface area contributed by atoms with Crippen molar-refractivity contribution in [2.24, 2.45) is 5.92 Å². The Bertz CT molecular complexity index is 794. The van der Waals surface area contributed by atoms with Gasteiger partial charge in [0.1, 0.15) is 11.0 Å². The number of aromatic amines is 1. The minimum Gasteiger partial charge on any atom is -0.281 e. The normalized spacial score (nSPS) is 23.1. The fourth-order valence-corrected chi connectivity index (χ4v) is 4.45. The smallest absolute Gasteiger partial charge is 0.281 e. The molecular formula is C18H20F3N3OS. The van der Waals surface area contributed by atoms with Gasteiger partial charge in [-0.2, -0.15) is 18.3 Å². The van der Waals surface area contributed by atoms with E-state index in [9.17, 15) is 17.4 Å². The summed E-state index contributed by atoms with van der Waals surface area (Å²) < 4.78 is 52.6. The van der Waals surface area contributed by atoms with Crippen LogP contribution in [0.5, 0.6) is 0 Å². The van der Waals surface area contributed by atoms with Crippen molar-refractivity contribution in [1.29, 1.82) is 0 Å². The van der Waals surface area contributed by atoms with Crippen LogP contribution < -0.4 is 0 Å². The summed E-state index contributed by atoms with van der Waals surface area (Å²) in [6.07, 6.45) is 4.04. The molecule has 1 aromatic carbocycles. The highest BCUT2D eigenvalue weighted by molar-refractivity contribution is 7.82. The second-order valence-electron chi connectivity index (χ2n) is 6.99. The van der Waals surface area contributed by atoms with Crippen molar-refractivity contribution in [3.8, 4) is 0 Å². The van der Waals surface area contributed by atoms with Gasteiger partial charge in [-0.15, -0.1) is 0 Å². The molecule has 5 rings (SSSR count). The van der Waals surface area contributed by atoms with Crippen LogP contribution >= 0.6 is 0 Å². The van der Waals surface area contributed by atoms with E-state index in [-0.39, 0.29) is 6.04 Å². The first kappa shape index (κ1) is 17.7. The van der Waals surface area contributed by atoms with Crippen molar-refractivity contribution in [2.75, 3.05) is 0 Å². The molecule has 2 aromatic rings. The number of benzene rings is 1. The summed E-state index contributed by atoms with van der Waals surface area (Å²) in [5.41, 5.74) is 1.28. The van der Waals surface area contributed by atoms with Crippen LogP contribution in [0.2, 0.25) is 0 Å². The summed E-state index contributed by atoms with van der Waals surface area (Å²) >= 11 is 0. The zero-order chi connectivity index (χ0) is 18.3. The Balaban J connectivity index is 0.000000510. The molecule has 0 amide bonds. The monoisotopic (exact) mass is 383 g/mol. The van der Waals surface area contributed by atoms with Crippen LogP contribution in [0.3, 0.4) is 0 Å². The predicted molar refractivity (Wildman–Crippen MR) is 91.3 cm³/mol. The van der Waals surface area contributed by atoms with Crippen molar-refractivity contribution in [3.63, 3.8) is 0 Å². The van der Waals surface area contributed by atoms with Gasteiger partial charge in [0.2, 0.25) is 0 Å². The maximum atomic E-state index is 12.8. The van der Waals surface area contributed by atoms with Crippen LogP contribution in [0.15, 0.2) is 35.4 Å². The minimum atomic E-state index is -4.38. The average Bonchev–Trinajstić information content (AvgIpc) is 3.53. The fraction of sp³-hybridized carbons (Fsp3) is 0.500. The third-order valence-electron chi connectivity index (χ3n) is 4.71. The number of halogens is 3. The molecule has 1 aromatic heterocycles. The van der Waals surface area contributed by atoms with Gasteiger partial charge in [-0.1, -0.05) is 19.3 Å². The number of hydrogen-bond donors (Lipinski definition) is 1. The lowest BCUT2D eigenvalue weighted by atomic mass is 10.1. The molecule has 3 aliphatic rings. The van der Waals surface area contributed by atoms with Gasteiger partial charge in [0.25, 0.3) is 0 Å². The Morgan fingerprint density at radius 1 is 1.12 bits per heavy atom. The van der Waals surface area contributed by atoms with Crippen LogP contribution in [0, 0.1) is 5.92 Å². The van der Waals surface area contributed by atoms with E-state index < -0.39 is 22.7 Å². The van der Waals surface area contributed by atoms with Crippen LogP contribution in [0.25, 0.3) is 0 Å². The highest BCUT2D eigenvalue weighted by Crippen LogP contribution is 2.50. The molecule has 2 heterocycles. The van der Waals surface area contributed by atoms with E-state index >= 15 is 0 Å². The molecule has 2 atom stereocenters. The van der Waals surface area contributed by atoms with Gasteiger partial charge in [0, 0.05) is 5.56 Å². The molecule has 26 heavy (non-hydrogen) atoms.